The van der Waals surface area contributed by atoms with Crippen LogP contribution in [0.15, 0.2) is 59.0 Å². The van der Waals surface area contributed by atoms with Crippen molar-refractivity contribution in [2.24, 2.45) is 0 Å². The number of aliphatic hydroxyl groups excluding tert-OH is 1. The van der Waals surface area contributed by atoms with Gasteiger partial charge in [-0.2, -0.15) is 0 Å². The van der Waals surface area contributed by atoms with E-state index < -0.39 is 5.91 Å². The fourth-order valence-electron chi connectivity index (χ4n) is 2.31. The summed E-state index contributed by atoms with van der Waals surface area (Å²) in [6.07, 6.45) is 0. The second-order valence-electron chi connectivity index (χ2n) is 5.54. The lowest BCUT2D eigenvalue weighted by molar-refractivity contribution is 0.0977. The van der Waals surface area contributed by atoms with Crippen LogP contribution in [0.3, 0.4) is 0 Å². The van der Waals surface area contributed by atoms with E-state index in [1.807, 2.05) is 12.1 Å². The van der Waals surface area contributed by atoms with Gasteiger partial charge in [-0.1, -0.05) is 23.2 Å². The van der Waals surface area contributed by atoms with E-state index in [9.17, 15) is 4.79 Å². The van der Waals surface area contributed by atoms with Gasteiger partial charge in [0, 0.05) is 16.8 Å². The molecule has 5 nitrogen and oxygen atoms in total. The van der Waals surface area contributed by atoms with E-state index in [2.05, 4.69) is 10.6 Å². The van der Waals surface area contributed by atoms with E-state index in [4.69, 9.17) is 44.9 Å². The Balaban J connectivity index is 1.62. The summed E-state index contributed by atoms with van der Waals surface area (Å²) >= 11 is 16.9. The number of amides is 1. The molecule has 0 fully saturated rings. The number of benzene rings is 2. The maximum absolute atomic E-state index is 12.2. The van der Waals surface area contributed by atoms with E-state index >= 15 is 0 Å². The number of anilines is 1. The number of furan rings is 1. The van der Waals surface area contributed by atoms with Gasteiger partial charge in [-0.05, 0) is 66.8 Å². The van der Waals surface area contributed by atoms with Crippen LogP contribution in [0.25, 0.3) is 11.3 Å². The largest absolute Gasteiger partial charge is 0.459 e. The molecule has 0 saturated carbocycles. The summed E-state index contributed by atoms with van der Waals surface area (Å²) in [6, 6.07) is 15.4. The molecule has 3 rings (SSSR count). The summed E-state index contributed by atoms with van der Waals surface area (Å²) in [6.45, 7) is -0.146. The predicted octanol–water partition coefficient (Wildman–Crippen LogP) is 4.87. The number of rotatable bonds is 4. The zero-order valence-corrected chi connectivity index (χ0v) is 16.2. The van der Waals surface area contributed by atoms with Gasteiger partial charge in [0.25, 0.3) is 5.91 Å². The Bertz CT molecular complexity index is 987. The van der Waals surface area contributed by atoms with Gasteiger partial charge in [0.1, 0.15) is 18.1 Å². The number of hydrogen-bond donors (Lipinski definition) is 3. The van der Waals surface area contributed by atoms with Gasteiger partial charge in [0.2, 0.25) is 0 Å². The molecular weight excluding hydrogens is 407 g/mol. The minimum atomic E-state index is -0.394. The molecule has 0 unspecified atom stereocenters. The van der Waals surface area contributed by atoms with Crippen molar-refractivity contribution in [2.75, 3.05) is 5.32 Å². The van der Waals surface area contributed by atoms with Crippen molar-refractivity contribution in [1.29, 1.82) is 0 Å². The van der Waals surface area contributed by atoms with Crippen molar-refractivity contribution < 1.29 is 14.3 Å². The molecule has 1 aromatic heterocycles. The van der Waals surface area contributed by atoms with Crippen LogP contribution in [0.1, 0.15) is 16.1 Å². The van der Waals surface area contributed by atoms with Crippen molar-refractivity contribution >= 4 is 52.1 Å². The smallest absolute Gasteiger partial charge is 0.257 e. The predicted molar refractivity (Wildman–Crippen MR) is 110 cm³/mol. The molecule has 138 valence electrons. The Hall–Kier alpha value is -2.38. The number of carbonyl (C=O) groups excluding carboxylic acids is 1. The Morgan fingerprint density at radius 3 is 2.41 bits per heavy atom. The van der Waals surface area contributed by atoms with Gasteiger partial charge in [-0.15, -0.1) is 0 Å². The highest BCUT2D eigenvalue weighted by Crippen LogP contribution is 2.24. The van der Waals surface area contributed by atoms with Crippen molar-refractivity contribution in [3.8, 4) is 11.3 Å². The summed E-state index contributed by atoms with van der Waals surface area (Å²) in [5.41, 5.74) is 1.90. The summed E-state index contributed by atoms with van der Waals surface area (Å²) in [5, 5.41) is 15.4. The van der Waals surface area contributed by atoms with Crippen LogP contribution in [0, 0.1) is 0 Å². The molecule has 3 aromatic rings. The molecule has 8 heteroatoms. The molecule has 0 aliphatic heterocycles. The quantitative estimate of drug-likeness (QED) is 0.524. The van der Waals surface area contributed by atoms with Crippen LogP contribution in [-0.4, -0.2) is 16.1 Å². The number of hydrogen-bond acceptors (Lipinski definition) is 4. The van der Waals surface area contributed by atoms with E-state index in [1.54, 1.807) is 36.4 Å². The summed E-state index contributed by atoms with van der Waals surface area (Å²) in [4.78, 5) is 12.2. The van der Waals surface area contributed by atoms with Crippen LogP contribution in [0.2, 0.25) is 10.0 Å². The molecule has 27 heavy (non-hydrogen) atoms. The molecule has 1 heterocycles. The van der Waals surface area contributed by atoms with Gasteiger partial charge in [-0.25, -0.2) is 0 Å². The average Bonchev–Trinajstić information content (AvgIpc) is 3.13. The Kier molecular flexibility index (Phi) is 6.13. The first-order valence-electron chi connectivity index (χ1n) is 7.83. The number of aliphatic hydroxyl groups is 1. The van der Waals surface area contributed by atoms with Crippen molar-refractivity contribution in [3.05, 3.63) is 76.0 Å². The third-order valence-electron chi connectivity index (χ3n) is 3.65. The molecular formula is C19H14Cl2N2O3S. The highest BCUT2D eigenvalue weighted by molar-refractivity contribution is 7.80. The van der Waals surface area contributed by atoms with Crippen LogP contribution >= 0.6 is 35.4 Å². The van der Waals surface area contributed by atoms with E-state index in [-0.39, 0.29) is 11.7 Å². The molecule has 1 amide bonds. The number of halogens is 2. The fourth-order valence-corrected chi connectivity index (χ4v) is 2.82. The average molecular weight is 421 g/mol. The molecule has 0 aliphatic rings. The Labute approximate surface area is 170 Å². The SMILES string of the molecule is O=C(NC(=S)Nc1ccc(-c2ccc(CO)o2)cc1)c1ccc(Cl)c(Cl)c1. The molecule has 0 spiro atoms. The first kappa shape index (κ1) is 19.4. The second kappa shape index (κ2) is 8.54. The Morgan fingerprint density at radius 1 is 1.04 bits per heavy atom. The van der Waals surface area contributed by atoms with Gasteiger partial charge in [0.15, 0.2) is 5.11 Å². The maximum atomic E-state index is 12.2. The fraction of sp³-hybridized carbons (Fsp3) is 0.0526. The molecule has 2 aromatic carbocycles. The first-order chi connectivity index (χ1) is 13.0. The van der Waals surface area contributed by atoms with Crippen molar-refractivity contribution in [1.82, 2.24) is 5.32 Å². The minimum Gasteiger partial charge on any atom is -0.459 e. The molecule has 0 aliphatic carbocycles. The third-order valence-corrected chi connectivity index (χ3v) is 4.60. The van der Waals surface area contributed by atoms with E-state index in [1.165, 1.54) is 6.07 Å². The molecule has 3 N–H and O–H groups in total. The summed E-state index contributed by atoms with van der Waals surface area (Å²) in [5.74, 6) is 0.759. The van der Waals surface area contributed by atoms with Crippen molar-refractivity contribution in [2.45, 2.75) is 6.61 Å². The molecule has 0 saturated heterocycles. The summed E-state index contributed by atoms with van der Waals surface area (Å²) in [7, 11) is 0. The highest BCUT2D eigenvalue weighted by Gasteiger charge is 2.10. The zero-order valence-electron chi connectivity index (χ0n) is 13.8. The van der Waals surface area contributed by atoms with Crippen LogP contribution in [0.5, 0.6) is 0 Å². The molecule has 0 radical (unpaired) electrons. The lowest BCUT2D eigenvalue weighted by atomic mass is 10.1. The van der Waals surface area contributed by atoms with Gasteiger partial charge < -0.3 is 14.8 Å². The monoisotopic (exact) mass is 420 g/mol. The second-order valence-corrected chi connectivity index (χ2v) is 6.76. The van der Waals surface area contributed by atoms with Gasteiger partial charge >= 0.3 is 0 Å². The highest BCUT2D eigenvalue weighted by atomic mass is 35.5. The van der Waals surface area contributed by atoms with Crippen molar-refractivity contribution in [3.63, 3.8) is 0 Å². The third kappa shape index (κ3) is 4.87. The zero-order chi connectivity index (χ0) is 19.4. The number of thiocarbonyl (C=S) groups is 1. The topological polar surface area (TPSA) is 74.5 Å². The first-order valence-corrected chi connectivity index (χ1v) is 9.00. The lowest BCUT2D eigenvalue weighted by Gasteiger charge is -2.10. The van der Waals surface area contributed by atoms with E-state index in [0.29, 0.717) is 32.8 Å². The maximum Gasteiger partial charge on any atom is 0.257 e. The lowest BCUT2D eigenvalue weighted by Crippen LogP contribution is -2.34. The molecule has 0 atom stereocenters. The van der Waals surface area contributed by atoms with Gasteiger partial charge in [0.05, 0.1) is 10.0 Å². The molecule has 0 bridgehead atoms. The van der Waals surface area contributed by atoms with Crippen LogP contribution in [0.4, 0.5) is 5.69 Å². The summed E-state index contributed by atoms with van der Waals surface area (Å²) < 4.78 is 5.49. The number of carbonyl (C=O) groups is 1. The van der Waals surface area contributed by atoms with E-state index in [0.717, 1.165) is 5.56 Å². The minimum absolute atomic E-state index is 0.146. The van der Waals surface area contributed by atoms with Gasteiger partial charge in [-0.3, -0.25) is 10.1 Å². The number of nitrogens with one attached hydrogen (secondary N) is 2. The Morgan fingerprint density at radius 2 is 1.78 bits per heavy atom. The van der Waals surface area contributed by atoms with Crippen LogP contribution < -0.4 is 10.6 Å². The van der Waals surface area contributed by atoms with Crippen LogP contribution in [-0.2, 0) is 6.61 Å². The normalized spacial score (nSPS) is 10.5. The standard InChI is InChI=1S/C19H14Cl2N2O3S/c20-15-7-3-12(9-16(15)21)18(25)23-19(27)22-13-4-1-11(2-5-13)17-8-6-14(10-24)26-17/h1-9,24H,10H2,(H2,22,23,25,27).